The van der Waals surface area contributed by atoms with Crippen molar-refractivity contribution in [1.29, 1.82) is 0 Å². The van der Waals surface area contributed by atoms with Crippen LogP contribution in [0.25, 0.3) is 0 Å². The summed E-state index contributed by atoms with van der Waals surface area (Å²) in [5, 5.41) is 10.2. The Labute approximate surface area is 121 Å². The molecule has 1 N–H and O–H groups in total. The maximum atomic E-state index is 10.2. The highest BCUT2D eigenvalue weighted by Gasteiger charge is 2.71. The number of epoxide rings is 2. The third-order valence-electron chi connectivity index (χ3n) is 5.26. The molecule has 4 nitrogen and oxygen atoms in total. The lowest BCUT2D eigenvalue weighted by Gasteiger charge is -2.41. The highest BCUT2D eigenvalue weighted by Crippen LogP contribution is 2.59. The zero-order valence-electron chi connectivity index (χ0n) is 12.9. The molecule has 3 aliphatic rings. The van der Waals surface area contributed by atoms with Crippen LogP contribution < -0.4 is 0 Å². The maximum absolute atomic E-state index is 10.2. The first-order valence-electron chi connectivity index (χ1n) is 7.59. The fraction of sp³-hybridized carbons (Fsp3) is 0.875. The van der Waals surface area contributed by atoms with Crippen LogP contribution in [0.4, 0.5) is 0 Å². The van der Waals surface area contributed by atoms with E-state index in [9.17, 15) is 5.11 Å². The SMILES string of the molecule is CO[C@@H]1C(O)CC[C@]2(CO2)C1C1(C)O[C@@H]1CC=C(C)C. The van der Waals surface area contributed by atoms with Crippen molar-refractivity contribution in [3.8, 4) is 0 Å². The van der Waals surface area contributed by atoms with Gasteiger partial charge < -0.3 is 19.3 Å². The van der Waals surface area contributed by atoms with Gasteiger partial charge in [0.2, 0.25) is 0 Å². The molecule has 1 aliphatic carbocycles. The second kappa shape index (κ2) is 4.80. The molecule has 0 amide bonds. The average Bonchev–Trinajstić information content (AvgIpc) is 3.29. The third-order valence-corrected chi connectivity index (χ3v) is 5.26. The minimum absolute atomic E-state index is 0.117. The van der Waals surface area contributed by atoms with Crippen molar-refractivity contribution in [1.82, 2.24) is 0 Å². The number of aliphatic hydroxyl groups excluding tert-OH is 1. The molecule has 0 radical (unpaired) electrons. The molecule has 3 unspecified atom stereocenters. The van der Waals surface area contributed by atoms with Crippen molar-refractivity contribution in [2.45, 2.75) is 69.5 Å². The fourth-order valence-electron chi connectivity index (χ4n) is 3.96. The van der Waals surface area contributed by atoms with Crippen molar-refractivity contribution in [3.63, 3.8) is 0 Å². The van der Waals surface area contributed by atoms with E-state index in [1.165, 1.54) is 5.57 Å². The molecule has 0 aromatic carbocycles. The molecule has 114 valence electrons. The van der Waals surface area contributed by atoms with Gasteiger partial charge in [-0.25, -0.2) is 0 Å². The Morgan fingerprint density at radius 3 is 2.70 bits per heavy atom. The quantitative estimate of drug-likeness (QED) is 0.633. The maximum Gasteiger partial charge on any atom is 0.101 e. The summed E-state index contributed by atoms with van der Waals surface area (Å²) < 4.78 is 17.4. The summed E-state index contributed by atoms with van der Waals surface area (Å²) in [6.45, 7) is 7.13. The highest BCUT2D eigenvalue weighted by molar-refractivity contribution is 5.20. The molecule has 0 aromatic heterocycles. The van der Waals surface area contributed by atoms with E-state index in [0.29, 0.717) is 0 Å². The number of methoxy groups -OCH3 is 1. The van der Waals surface area contributed by atoms with Gasteiger partial charge in [0.15, 0.2) is 0 Å². The Hall–Kier alpha value is -0.420. The predicted octanol–water partition coefficient (Wildman–Crippen LogP) is 2.06. The van der Waals surface area contributed by atoms with Gasteiger partial charge in [0, 0.05) is 7.11 Å². The van der Waals surface area contributed by atoms with Gasteiger partial charge in [-0.1, -0.05) is 11.6 Å². The number of rotatable bonds is 4. The normalized spacial score (nSPS) is 50.0. The molecule has 6 atom stereocenters. The van der Waals surface area contributed by atoms with E-state index >= 15 is 0 Å². The minimum Gasteiger partial charge on any atom is -0.390 e. The van der Waals surface area contributed by atoms with Crippen LogP contribution in [0.5, 0.6) is 0 Å². The monoisotopic (exact) mass is 282 g/mol. The largest absolute Gasteiger partial charge is 0.390 e. The number of hydrogen-bond donors (Lipinski definition) is 1. The van der Waals surface area contributed by atoms with Gasteiger partial charge >= 0.3 is 0 Å². The summed E-state index contributed by atoms with van der Waals surface area (Å²) in [5.74, 6) is 0.124. The highest BCUT2D eigenvalue weighted by atomic mass is 16.6. The number of hydrogen-bond acceptors (Lipinski definition) is 4. The zero-order valence-corrected chi connectivity index (χ0v) is 12.9. The Kier molecular flexibility index (Phi) is 3.49. The molecule has 3 rings (SSSR count). The van der Waals surface area contributed by atoms with E-state index in [1.807, 2.05) is 0 Å². The fourth-order valence-corrected chi connectivity index (χ4v) is 3.96. The average molecular weight is 282 g/mol. The Balaban J connectivity index is 1.78. The molecule has 4 heteroatoms. The van der Waals surface area contributed by atoms with Gasteiger partial charge in [-0.2, -0.15) is 0 Å². The standard InChI is InChI=1S/C16H26O4/c1-10(2)5-6-12-15(3,20-12)14-13(18-4)11(17)7-8-16(14)9-19-16/h5,11-14,17H,6-9H2,1-4H3/t11?,12-,13-,14?,15?,16+/m1/s1. The Bertz CT molecular complexity index is 411. The van der Waals surface area contributed by atoms with Crippen LogP contribution in [0.3, 0.4) is 0 Å². The zero-order chi connectivity index (χ0) is 14.5. The summed E-state index contributed by atoms with van der Waals surface area (Å²) >= 11 is 0. The van der Waals surface area contributed by atoms with Crippen molar-refractivity contribution in [3.05, 3.63) is 11.6 Å². The number of aliphatic hydroxyl groups is 1. The van der Waals surface area contributed by atoms with Crippen molar-refractivity contribution in [2.24, 2.45) is 5.92 Å². The second-order valence-corrected chi connectivity index (χ2v) is 6.94. The predicted molar refractivity (Wildman–Crippen MR) is 75.5 cm³/mol. The topological polar surface area (TPSA) is 54.5 Å². The minimum atomic E-state index is -0.412. The molecule has 1 saturated carbocycles. The van der Waals surface area contributed by atoms with Crippen LogP contribution in [0.2, 0.25) is 0 Å². The Morgan fingerprint density at radius 2 is 2.15 bits per heavy atom. The van der Waals surface area contributed by atoms with Gasteiger partial charge in [-0.15, -0.1) is 0 Å². The van der Waals surface area contributed by atoms with Crippen LogP contribution in [-0.2, 0) is 14.2 Å². The molecule has 20 heavy (non-hydrogen) atoms. The van der Waals surface area contributed by atoms with Crippen molar-refractivity contribution in [2.75, 3.05) is 13.7 Å². The van der Waals surface area contributed by atoms with Gasteiger partial charge in [0.25, 0.3) is 0 Å². The number of ether oxygens (including phenoxy) is 3. The van der Waals surface area contributed by atoms with Crippen LogP contribution in [0.1, 0.15) is 40.0 Å². The van der Waals surface area contributed by atoms with Gasteiger partial charge in [-0.05, 0) is 40.0 Å². The molecular weight excluding hydrogens is 256 g/mol. The van der Waals surface area contributed by atoms with E-state index in [-0.39, 0.29) is 29.3 Å². The smallest absolute Gasteiger partial charge is 0.101 e. The lowest BCUT2D eigenvalue weighted by atomic mass is 9.68. The summed E-state index contributed by atoms with van der Waals surface area (Å²) in [6, 6.07) is 0. The van der Waals surface area contributed by atoms with Crippen LogP contribution >= 0.6 is 0 Å². The van der Waals surface area contributed by atoms with Gasteiger partial charge in [-0.3, -0.25) is 0 Å². The summed E-state index contributed by atoms with van der Waals surface area (Å²) in [5.41, 5.74) is 0.964. The third kappa shape index (κ3) is 2.23. The van der Waals surface area contributed by atoms with Gasteiger partial charge in [0.1, 0.15) is 5.60 Å². The van der Waals surface area contributed by atoms with E-state index < -0.39 is 6.10 Å². The Morgan fingerprint density at radius 1 is 1.45 bits per heavy atom. The molecule has 1 spiro atoms. The first kappa shape index (κ1) is 14.5. The summed E-state index contributed by atoms with van der Waals surface area (Å²) in [6.07, 6.45) is 4.43. The molecule has 2 heterocycles. The lowest BCUT2D eigenvalue weighted by Crippen LogP contribution is -2.54. The van der Waals surface area contributed by atoms with E-state index in [0.717, 1.165) is 25.9 Å². The summed E-state index contributed by atoms with van der Waals surface area (Å²) in [7, 11) is 1.68. The molecule has 0 aromatic rings. The van der Waals surface area contributed by atoms with Crippen LogP contribution in [0.15, 0.2) is 11.6 Å². The molecule has 2 saturated heterocycles. The van der Waals surface area contributed by atoms with E-state index in [4.69, 9.17) is 14.2 Å². The molecule has 2 aliphatic heterocycles. The number of allylic oxidation sites excluding steroid dienone is 1. The second-order valence-electron chi connectivity index (χ2n) is 6.94. The van der Waals surface area contributed by atoms with E-state index in [2.05, 4.69) is 26.8 Å². The first-order chi connectivity index (χ1) is 9.43. The first-order valence-corrected chi connectivity index (χ1v) is 7.59. The molecular formula is C16H26O4. The van der Waals surface area contributed by atoms with Crippen LogP contribution in [-0.4, -0.2) is 48.3 Å². The lowest BCUT2D eigenvalue weighted by molar-refractivity contribution is -0.116. The summed E-state index contributed by atoms with van der Waals surface area (Å²) in [4.78, 5) is 0. The molecule has 3 fully saturated rings. The van der Waals surface area contributed by atoms with Crippen molar-refractivity contribution >= 4 is 0 Å². The van der Waals surface area contributed by atoms with Crippen LogP contribution in [0, 0.1) is 5.92 Å². The van der Waals surface area contributed by atoms with Crippen molar-refractivity contribution < 1.29 is 19.3 Å². The molecule has 0 bridgehead atoms. The van der Waals surface area contributed by atoms with Gasteiger partial charge in [0.05, 0.1) is 36.4 Å². The van der Waals surface area contributed by atoms with E-state index in [1.54, 1.807) is 7.11 Å².